The topological polar surface area (TPSA) is 71.1 Å². The molecule has 2 rings (SSSR count). The number of rotatable bonds is 9. The zero-order valence-electron chi connectivity index (χ0n) is 14.5. The summed E-state index contributed by atoms with van der Waals surface area (Å²) in [5, 5.41) is 0. The quantitative estimate of drug-likeness (QED) is 0.297. The maximum absolute atomic E-state index is 12.1. The molecule has 26 heavy (non-hydrogen) atoms. The van der Waals surface area contributed by atoms with Crippen LogP contribution in [0.4, 0.5) is 0 Å². The van der Waals surface area contributed by atoms with E-state index in [4.69, 9.17) is 18.9 Å². The average Bonchev–Trinajstić information content (AvgIpc) is 2.68. The van der Waals surface area contributed by atoms with Gasteiger partial charge in [0.1, 0.15) is 17.2 Å². The summed E-state index contributed by atoms with van der Waals surface area (Å²) in [7, 11) is 1.57. The first-order chi connectivity index (χ1) is 12.6. The number of hydrogen-bond acceptors (Lipinski definition) is 6. The fraction of sp³-hybridized carbons (Fsp3) is 0.200. The van der Waals surface area contributed by atoms with E-state index >= 15 is 0 Å². The van der Waals surface area contributed by atoms with E-state index in [9.17, 15) is 9.59 Å². The summed E-state index contributed by atoms with van der Waals surface area (Å²) in [6.45, 7) is 3.96. The predicted octanol–water partition coefficient (Wildman–Crippen LogP) is 3.41. The summed E-state index contributed by atoms with van der Waals surface area (Å²) >= 11 is 0. The Morgan fingerprint density at radius 3 is 2.15 bits per heavy atom. The Bertz CT molecular complexity index is 734. The molecule has 0 radical (unpaired) electrons. The Morgan fingerprint density at radius 2 is 1.54 bits per heavy atom. The Balaban J connectivity index is 1.79. The highest BCUT2D eigenvalue weighted by molar-refractivity contribution is 5.91. The van der Waals surface area contributed by atoms with Crippen LogP contribution in [0.15, 0.2) is 61.2 Å². The van der Waals surface area contributed by atoms with Gasteiger partial charge in [-0.3, -0.25) is 0 Å². The number of esters is 2. The van der Waals surface area contributed by atoms with Gasteiger partial charge in [-0.25, -0.2) is 9.59 Å². The Kier molecular flexibility index (Phi) is 7.24. The third kappa shape index (κ3) is 5.98. The summed E-state index contributed by atoms with van der Waals surface area (Å²) in [5.74, 6) is 0.819. The summed E-state index contributed by atoms with van der Waals surface area (Å²) in [6, 6.07) is 13.4. The number of carbonyl (C=O) groups excluding carboxylic acids is 2. The smallest absolute Gasteiger partial charge is 0.343 e. The third-order valence-electron chi connectivity index (χ3n) is 3.33. The molecule has 0 aliphatic heterocycles. The molecular weight excluding hydrogens is 336 g/mol. The van der Waals surface area contributed by atoms with Gasteiger partial charge in [-0.15, -0.1) is 0 Å². The molecule has 6 nitrogen and oxygen atoms in total. The molecule has 0 amide bonds. The third-order valence-corrected chi connectivity index (χ3v) is 3.33. The van der Waals surface area contributed by atoms with E-state index in [1.165, 1.54) is 0 Å². The minimum Gasteiger partial charge on any atom is -0.497 e. The van der Waals surface area contributed by atoms with Crippen LogP contribution >= 0.6 is 0 Å². The maximum Gasteiger partial charge on any atom is 0.343 e. The summed E-state index contributed by atoms with van der Waals surface area (Å²) < 4.78 is 20.7. The van der Waals surface area contributed by atoms with Crippen molar-refractivity contribution >= 4 is 11.9 Å². The molecule has 0 heterocycles. The molecule has 0 fully saturated rings. The largest absolute Gasteiger partial charge is 0.497 e. The molecule has 2 aromatic rings. The maximum atomic E-state index is 12.1. The predicted molar refractivity (Wildman–Crippen MR) is 95.7 cm³/mol. The summed E-state index contributed by atoms with van der Waals surface area (Å²) in [6.07, 6.45) is 1.67. The van der Waals surface area contributed by atoms with Crippen molar-refractivity contribution in [1.29, 1.82) is 0 Å². The lowest BCUT2D eigenvalue weighted by molar-refractivity contribution is -0.137. The first-order valence-corrected chi connectivity index (χ1v) is 8.00. The van der Waals surface area contributed by atoms with Gasteiger partial charge in [0.2, 0.25) is 0 Å². The van der Waals surface area contributed by atoms with Gasteiger partial charge >= 0.3 is 11.9 Å². The van der Waals surface area contributed by atoms with Crippen molar-refractivity contribution in [3.8, 4) is 17.2 Å². The van der Waals surface area contributed by atoms with Crippen LogP contribution in [0.3, 0.4) is 0 Å². The van der Waals surface area contributed by atoms with Gasteiger partial charge in [-0.05, 0) is 48.5 Å². The van der Waals surface area contributed by atoms with E-state index in [0.717, 1.165) is 6.08 Å². The van der Waals surface area contributed by atoms with Crippen molar-refractivity contribution in [1.82, 2.24) is 0 Å². The lowest BCUT2D eigenvalue weighted by atomic mass is 10.2. The molecule has 0 unspecified atom stereocenters. The number of methoxy groups -OCH3 is 1. The second kappa shape index (κ2) is 9.88. The van der Waals surface area contributed by atoms with Crippen LogP contribution in [0, 0.1) is 0 Å². The minimum absolute atomic E-state index is 0.261. The van der Waals surface area contributed by atoms with Gasteiger partial charge < -0.3 is 18.9 Å². The highest BCUT2D eigenvalue weighted by atomic mass is 16.5. The van der Waals surface area contributed by atoms with E-state index in [1.807, 2.05) is 0 Å². The molecule has 0 atom stereocenters. The molecular formula is C20H20O6. The molecule has 0 bridgehead atoms. The van der Waals surface area contributed by atoms with Crippen LogP contribution < -0.4 is 14.2 Å². The van der Waals surface area contributed by atoms with Gasteiger partial charge in [0, 0.05) is 12.5 Å². The normalized spacial score (nSPS) is 9.88. The fourth-order valence-corrected chi connectivity index (χ4v) is 1.98. The van der Waals surface area contributed by atoms with Crippen molar-refractivity contribution in [2.75, 3.05) is 20.3 Å². The highest BCUT2D eigenvalue weighted by Crippen LogP contribution is 2.19. The average molecular weight is 356 g/mol. The molecule has 136 valence electrons. The standard InChI is InChI=1S/C20H20O6/c1-3-19(21)25-14-4-13-24-17-7-5-15(6-8-17)20(22)26-18-11-9-16(23-2)10-12-18/h3,5-12H,1,4,13-14H2,2H3. The monoisotopic (exact) mass is 356 g/mol. The SMILES string of the molecule is C=CC(=O)OCCCOc1ccc(C(=O)Oc2ccc(OC)cc2)cc1. The molecule has 6 heteroatoms. The van der Waals surface area contributed by atoms with Gasteiger partial charge in [0.25, 0.3) is 0 Å². The highest BCUT2D eigenvalue weighted by Gasteiger charge is 2.09. The van der Waals surface area contributed by atoms with Gasteiger partial charge in [-0.1, -0.05) is 6.58 Å². The van der Waals surface area contributed by atoms with Crippen molar-refractivity contribution in [3.05, 3.63) is 66.7 Å². The Morgan fingerprint density at radius 1 is 0.923 bits per heavy atom. The van der Waals surface area contributed by atoms with Crippen molar-refractivity contribution in [2.45, 2.75) is 6.42 Å². The second-order valence-electron chi connectivity index (χ2n) is 5.16. The van der Waals surface area contributed by atoms with Gasteiger partial charge in [0.05, 0.1) is 25.9 Å². The fourth-order valence-electron chi connectivity index (χ4n) is 1.98. The van der Waals surface area contributed by atoms with Crippen LogP contribution in [0.25, 0.3) is 0 Å². The van der Waals surface area contributed by atoms with E-state index in [0.29, 0.717) is 35.8 Å². The molecule has 0 saturated heterocycles. The van der Waals surface area contributed by atoms with E-state index < -0.39 is 11.9 Å². The van der Waals surface area contributed by atoms with Crippen LogP contribution in [0.1, 0.15) is 16.8 Å². The van der Waals surface area contributed by atoms with Crippen LogP contribution in [0.5, 0.6) is 17.2 Å². The first kappa shape index (κ1) is 19.1. The molecule has 0 aliphatic carbocycles. The number of benzene rings is 2. The van der Waals surface area contributed by atoms with Crippen molar-refractivity contribution in [3.63, 3.8) is 0 Å². The van der Waals surface area contributed by atoms with Crippen molar-refractivity contribution < 1.29 is 28.5 Å². The molecule has 0 aliphatic rings. The molecule has 0 N–H and O–H groups in total. The molecule has 0 aromatic heterocycles. The van der Waals surface area contributed by atoms with Crippen LogP contribution in [-0.4, -0.2) is 32.3 Å². The minimum atomic E-state index is -0.460. The van der Waals surface area contributed by atoms with E-state index in [-0.39, 0.29) is 6.61 Å². The van der Waals surface area contributed by atoms with Crippen LogP contribution in [-0.2, 0) is 9.53 Å². The molecule has 0 spiro atoms. The summed E-state index contributed by atoms with van der Waals surface area (Å²) in [5.41, 5.74) is 0.410. The Hall–Kier alpha value is -3.28. The first-order valence-electron chi connectivity index (χ1n) is 8.00. The lowest BCUT2D eigenvalue weighted by Gasteiger charge is -2.08. The number of carbonyl (C=O) groups is 2. The number of ether oxygens (including phenoxy) is 4. The molecule has 2 aromatic carbocycles. The summed E-state index contributed by atoms with van der Waals surface area (Å²) in [4.78, 5) is 23.0. The van der Waals surface area contributed by atoms with E-state index in [1.54, 1.807) is 55.6 Å². The number of hydrogen-bond donors (Lipinski definition) is 0. The van der Waals surface area contributed by atoms with E-state index in [2.05, 4.69) is 6.58 Å². The zero-order chi connectivity index (χ0) is 18.8. The van der Waals surface area contributed by atoms with Crippen LogP contribution in [0.2, 0.25) is 0 Å². The van der Waals surface area contributed by atoms with Crippen molar-refractivity contribution in [2.24, 2.45) is 0 Å². The van der Waals surface area contributed by atoms with Gasteiger partial charge in [0.15, 0.2) is 0 Å². The van der Waals surface area contributed by atoms with Gasteiger partial charge in [-0.2, -0.15) is 0 Å². The lowest BCUT2D eigenvalue weighted by Crippen LogP contribution is -2.09. The Labute approximate surface area is 151 Å². The molecule has 0 saturated carbocycles. The zero-order valence-corrected chi connectivity index (χ0v) is 14.5. The second-order valence-corrected chi connectivity index (χ2v) is 5.16.